The average Bonchev–Trinajstić information content (AvgIpc) is 2.05. The molecule has 0 N–H and O–H groups in total. The molecule has 0 fully saturated rings. The molecule has 0 nitrogen and oxygen atoms in total. The Morgan fingerprint density at radius 1 is 0.818 bits per heavy atom. The summed E-state index contributed by atoms with van der Waals surface area (Å²) in [7, 11) is 0. The zero-order valence-electron chi connectivity index (χ0n) is 7.22. The highest BCUT2D eigenvalue weighted by molar-refractivity contribution is 7.59. The molecule has 0 radical (unpaired) electrons. The van der Waals surface area contributed by atoms with Crippen molar-refractivity contribution in [1.29, 1.82) is 0 Å². The van der Waals surface area contributed by atoms with Crippen molar-refractivity contribution in [3.8, 4) is 0 Å². The SMILES string of the molecule is CCc1ccc(CC)cc1.S. The van der Waals surface area contributed by atoms with Gasteiger partial charge in [0.15, 0.2) is 0 Å². The maximum atomic E-state index is 2.21. The van der Waals surface area contributed by atoms with Crippen molar-refractivity contribution in [2.45, 2.75) is 26.7 Å². The second kappa shape index (κ2) is 5.25. The molecular formula is C10H16S. The van der Waals surface area contributed by atoms with Gasteiger partial charge in [-0.15, -0.1) is 0 Å². The first-order valence-electron chi connectivity index (χ1n) is 3.94. The van der Waals surface area contributed by atoms with Crippen molar-refractivity contribution in [3.05, 3.63) is 35.4 Å². The summed E-state index contributed by atoms with van der Waals surface area (Å²) >= 11 is 0. The van der Waals surface area contributed by atoms with Crippen LogP contribution in [-0.4, -0.2) is 0 Å². The number of aryl methyl sites for hydroxylation is 2. The van der Waals surface area contributed by atoms with E-state index in [4.69, 9.17) is 0 Å². The predicted molar refractivity (Wildman–Crippen MR) is 55.6 cm³/mol. The van der Waals surface area contributed by atoms with Gasteiger partial charge in [-0.25, -0.2) is 0 Å². The van der Waals surface area contributed by atoms with E-state index >= 15 is 0 Å². The molecular weight excluding hydrogens is 152 g/mol. The minimum atomic E-state index is 0. The van der Waals surface area contributed by atoms with E-state index in [1.165, 1.54) is 11.1 Å². The first kappa shape index (κ1) is 10.6. The fraction of sp³-hybridized carbons (Fsp3) is 0.400. The van der Waals surface area contributed by atoms with Crippen LogP contribution in [0.3, 0.4) is 0 Å². The summed E-state index contributed by atoms with van der Waals surface area (Å²) in [6.45, 7) is 4.36. The number of hydrogen-bond acceptors (Lipinski definition) is 0. The second-order valence-corrected chi connectivity index (χ2v) is 2.52. The second-order valence-electron chi connectivity index (χ2n) is 2.52. The molecule has 0 aliphatic rings. The van der Waals surface area contributed by atoms with Gasteiger partial charge in [0.2, 0.25) is 0 Å². The summed E-state index contributed by atoms with van der Waals surface area (Å²) in [6, 6.07) is 8.83. The quantitative estimate of drug-likeness (QED) is 0.637. The lowest BCUT2D eigenvalue weighted by molar-refractivity contribution is 1.10. The van der Waals surface area contributed by atoms with Gasteiger partial charge in [0.1, 0.15) is 0 Å². The van der Waals surface area contributed by atoms with Gasteiger partial charge in [-0.2, -0.15) is 13.5 Å². The van der Waals surface area contributed by atoms with Gasteiger partial charge in [-0.05, 0) is 24.0 Å². The third kappa shape index (κ3) is 2.98. The molecule has 0 spiro atoms. The normalized spacial score (nSPS) is 8.91. The third-order valence-electron chi connectivity index (χ3n) is 1.84. The van der Waals surface area contributed by atoms with E-state index < -0.39 is 0 Å². The fourth-order valence-corrected chi connectivity index (χ4v) is 1.01. The summed E-state index contributed by atoms with van der Waals surface area (Å²) in [5.41, 5.74) is 2.86. The maximum Gasteiger partial charge on any atom is -0.0307 e. The molecule has 1 aromatic rings. The molecule has 0 saturated carbocycles. The smallest absolute Gasteiger partial charge is 0.0307 e. The standard InChI is InChI=1S/C10H14.H2S/c1-3-9-5-7-10(4-2)8-6-9;/h5-8H,3-4H2,1-2H3;1H2. The van der Waals surface area contributed by atoms with Crippen molar-refractivity contribution >= 4 is 13.5 Å². The fourth-order valence-electron chi connectivity index (χ4n) is 1.01. The highest BCUT2D eigenvalue weighted by Crippen LogP contribution is 2.04. The predicted octanol–water partition coefficient (Wildman–Crippen LogP) is 2.92. The molecule has 0 bridgehead atoms. The number of rotatable bonds is 2. The lowest BCUT2D eigenvalue weighted by atomic mass is 10.1. The van der Waals surface area contributed by atoms with E-state index in [1.807, 2.05) is 0 Å². The maximum absolute atomic E-state index is 2.21. The van der Waals surface area contributed by atoms with Crippen LogP contribution in [0.1, 0.15) is 25.0 Å². The first-order valence-corrected chi connectivity index (χ1v) is 3.94. The van der Waals surface area contributed by atoms with Crippen LogP contribution in [0.25, 0.3) is 0 Å². The third-order valence-corrected chi connectivity index (χ3v) is 1.84. The zero-order valence-corrected chi connectivity index (χ0v) is 8.22. The molecule has 1 heteroatoms. The monoisotopic (exact) mass is 168 g/mol. The Hall–Kier alpha value is -0.430. The van der Waals surface area contributed by atoms with Gasteiger partial charge in [0.05, 0.1) is 0 Å². The molecule has 62 valence electrons. The van der Waals surface area contributed by atoms with Crippen molar-refractivity contribution in [2.24, 2.45) is 0 Å². The van der Waals surface area contributed by atoms with E-state index in [9.17, 15) is 0 Å². The van der Waals surface area contributed by atoms with Gasteiger partial charge in [0.25, 0.3) is 0 Å². The van der Waals surface area contributed by atoms with E-state index in [2.05, 4.69) is 38.1 Å². The minimum absolute atomic E-state index is 0. The molecule has 0 heterocycles. The topological polar surface area (TPSA) is 0 Å². The van der Waals surface area contributed by atoms with E-state index in [0.29, 0.717) is 0 Å². The molecule has 0 aliphatic carbocycles. The van der Waals surface area contributed by atoms with Crippen LogP contribution in [0.5, 0.6) is 0 Å². The zero-order chi connectivity index (χ0) is 7.40. The van der Waals surface area contributed by atoms with Crippen LogP contribution in [-0.2, 0) is 12.8 Å². The van der Waals surface area contributed by atoms with Crippen LogP contribution in [0, 0.1) is 0 Å². The molecule has 0 aromatic heterocycles. The lowest BCUT2D eigenvalue weighted by Crippen LogP contribution is -1.81. The molecule has 0 saturated heterocycles. The van der Waals surface area contributed by atoms with Gasteiger partial charge < -0.3 is 0 Å². The Kier molecular flexibility index (Phi) is 5.05. The Labute approximate surface area is 76.1 Å². The van der Waals surface area contributed by atoms with Crippen LogP contribution in [0.4, 0.5) is 0 Å². The van der Waals surface area contributed by atoms with Crippen molar-refractivity contribution in [3.63, 3.8) is 0 Å². The number of hydrogen-bond donors (Lipinski definition) is 0. The van der Waals surface area contributed by atoms with Gasteiger partial charge in [0, 0.05) is 0 Å². The van der Waals surface area contributed by atoms with Gasteiger partial charge in [-0.1, -0.05) is 38.1 Å². The van der Waals surface area contributed by atoms with Gasteiger partial charge in [-0.3, -0.25) is 0 Å². The van der Waals surface area contributed by atoms with E-state index in [0.717, 1.165) is 12.8 Å². The molecule has 0 atom stereocenters. The summed E-state index contributed by atoms with van der Waals surface area (Å²) in [6.07, 6.45) is 2.29. The van der Waals surface area contributed by atoms with Crippen LogP contribution in [0.2, 0.25) is 0 Å². The highest BCUT2D eigenvalue weighted by atomic mass is 32.1. The summed E-state index contributed by atoms with van der Waals surface area (Å²) < 4.78 is 0. The largest absolute Gasteiger partial charge is 0.197 e. The molecule has 0 amide bonds. The molecule has 11 heavy (non-hydrogen) atoms. The number of benzene rings is 1. The van der Waals surface area contributed by atoms with Crippen LogP contribution in [0.15, 0.2) is 24.3 Å². The Balaban J connectivity index is 0.000001000. The summed E-state index contributed by atoms with van der Waals surface area (Å²) in [5.74, 6) is 0. The first-order chi connectivity index (χ1) is 4.86. The van der Waals surface area contributed by atoms with Gasteiger partial charge >= 0.3 is 0 Å². The van der Waals surface area contributed by atoms with Crippen molar-refractivity contribution in [2.75, 3.05) is 0 Å². The van der Waals surface area contributed by atoms with Crippen molar-refractivity contribution in [1.82, 2.24) is 0 Å². The molecule has 0 unspecified atom stereocenters. The molecule has 1 rings (SSSR count). The summed E-state index contributed by atoms with van der Waals surface area (Å²) in [4.78, 5) is 0. The van der Waals surface area contributed by atoms with E-state index in [-0.39, 0.29) is 13.5 Å². The van der Waals surface area contributed by atoms with E-state index in [1.54, 1.807) is 0 Å². The molecule has 1 aromatic carbocycles. The Bertz CT molecular complexity index is 166. The lowest BCUT2D eigenvalue weighted by Gasteiger charge is -1.97. The van der Waals surface area contributed by atoms with Crippen molar-refractivity contribution < 1.29 is 0 Å². The van der Waals surface area contributed by atoms with Crippen LogP contribution >= 0.6 is 13.5 Å². The Morgan fingerprint density at radius 2 is 1.09 bits per heavy atom. The Morgan fingerprint density at radius 3 is 1.27 bits per heavy atom. The highest BCUT2D eigenvalue weighted by Gasteiger charge is 1.88. The average molecular weight is 168 g/mol. The molecule has 0 aliphatic heterocycles. The minimum Gasteiger partial charge on any atom is -0.197 e. The van der Waals surface area contributed by atoms with Crippen LogP contribution < -0.4 is 0 Å². The summed E-state index contributed by atoms with van der Waals surface area (Å²) in [5, 5.41) is 0.